The van der Waals surface area contributed by atoms with Crippen LogP contribution in [0.3, 0.4) is 0 Å². The molecule has 0 heterocycles. The largest absolute Gasteiger partial charge is 0.428 e. The van der Waals surface area contributed by atoms with Gasteiger partial charge in [0.05, 0.1) is 0 Å². The maximum atomic E-state index is 5.33. The van der Waals surface area contributed by atoms with Gasteiger partial charge in [0, 0.05) is 11.1 Å². The maximum absolute atomic E-state index is 5.33. The van der Waals surface area contributed by atoms with Crippen LogP contribution in [0.1, 0.15) is 43.0 Å². The highest BCUT2D eigenvalue weighted by Gasteiger charge is 2.21. The molecule has 0 unspecified atom stereocenters. The monoisotopic (exact) mass is 314 g/mol. The molecule has 1 aromatic rings. The molecule has 0 saturated carbocycles. The quantitative estimate of drug-likeness (QED) is 0.778. The van der Waals surface area contributed by atoms with Crippen LogP contribution in [0.4, 0.5) is 0 Å². The van der Waals surface area contributed by atoms with Crippen LogP contribution in [0.25, 0.3) is 0 Å². The number of rotatable bonds is 3. The van der Waals surface area contributed by atoms with E-state index in [-0.39, 0.29) is 5.41 Å². The molecule has 0 N–H and O–H groups in total. The molecule has 0 aliphatic rings. The molecule has 1 aromatic carbocycles. The number of hydrogen-bond donors (Lipinski definition) is 0. The van der Waals surface area contributed by atoms with E-state index in [0.717, 1.165) is 23.5 Å². The Labute approximate surface area is 117 Å². The lowest BCUT2D eigenvalue weighted by atomic mass is 9.79. The third-order valence-electron chi connectivity index (χ3n) is 3.16. The van der Waals surface area contributed by atoms with Crippen LogP contribution < -0.4 is 0 Å². The first-order chi connectivity index (χ1) is 7.79. The predicted molar refractivity (Wildman–Crippen MR) is 81.9 cm³/mol. The van der Waals surface area contributed by atoms with Crippen LogP contribution in [0, 0.1) is 13.8 Å². The molecule has 96 valence electrons. The Morgan fingerprint density at radius 2 is 1.88 bits per heavy atom. The van der Waals surface area contributed by atoms with Gasteiger partial charge in [-0.05, 0) is 54.0 Å². The summed E-state index contributed by atoms with van der Waals surface area (Å²) in [7, 11) is 0.818. The Morgan fingerprint density at radius 3 is 2.35 bits per heavy atom. The highest BCUT2D eigenvalue weighted by Crippen LogP contribution is 2.34. The normalized spacial score (nSPS) is 12.1. The van der Waals surface area contributed by atoms with E-state index in [1.165, 1.54) is 26.7 Å². The highest BCUT2D eigenvalue weighted by atomic mass is 79.9. The molecular weight excluding hydrogens is 292 g/mol. The average molecular weight is 315 g/mol. The summed E-state index contributed by atoms with van der Waals surface area (Å²) < 4.78 is 6.55. The Morgan fingerprint density at radius 1 is 1.29 bits per heavy atom. The standard InChI is InChI=1S/C14H23BrOSi/c1-9-8-12(15)11(6-7-16-17)10(2)13(9)14(3,4)5/h8H,6-7H2,1-5,17H3. The van der Waals surface area contributed by atoms with E-state index in [1.54, 1.807) is 0 Å². The van der Waals surface area contributed by atoms with Gasteiger partial charge in [-0.15, -0.1) is 0 Å². The Kier molecular flexibility index (Phi) is 4.99. The Bertz CT molecular complexity index is 408. The second kappa shape index (κ2) is 5.68. The molecule has 0 aliphatic heterocycles. The zero-order valence-electron chi connectivity index (χ0n) is 11.8. The molecular formula is C14H23BrOSi. The van der Waals surface area contributed by atoms with Gasteiger partial charge in [0.25, 0.3) is 0 Å². The van der Waals surface area contributed by atoms with E-state index in [2.05, 4.69) is 56.6 Å². The fraction of sp³-hybridized carbons (Fsp3) is 0.571. The van der Waals surface area contributed by atoms with Crippen LogP contribution >= 0.6 is 15.9 Å². The van der Waals surface area contributed by atoms with Crippen molar-refractivity contribution < 1.29 is 4.43 Å². The summed E-state index contributed by atoms with van der Waals surface area (Å²) in [5.41, 5.74) is 5.87. The average Bonchev–Trinajstić information content (AvgIpc) is 2.14. The summed E-state index contributed by atoms with van der Waals surface area (Å²) >= 11 is 3.68. The van der Waals surface area contributed by atoms with Gasteiger partial charge in [0.2, 0.25) is 0 Å². The first kappa shape index (κ1) is 14.9. The summed E-state index contributed by atoms with van der Waals surface area (Å²) in [5, 5.41) is 0. The van der Waals surface area contributed by atoms with Crippen LogP contribution in [0.5, 0.6) is 0 Å². The van der Waals surface area contributed by atoms with Gasteiger partial charge in [0.15, 0.2) is 0 Å². The SMILES string of the molecule is Cc1cc(Br)c(CCO[SiH3])c(C)c1C(C)(C)C. The molecule has 17 heavy (non-hydrogen) atoms. The van der Waals surface area contributed by atoms with Crippen molar-refractivity contribution in [3.63, 3.8) is 0 Å². The van der Waals surface area contributed by atoms with Crippen molar-refractivity contribution in [1.29, 1.82) is 0 Å². The van der Waals surface area contributed by atoms with Gasteiger partial charge >= 0.3 is 0 Å². The van der Waals surface area contributed by atoms with Gasteiger partial charge in [0.1, 0.15) is 10.5 Å². The first-order valence-corrected chi connectivity index (χ1v) is 7.68. The second-order valence-corrected chi connectivity index (χ2v) is 7.08. The molecule has 0 bridgehead atoms. The van der Waals surface area contributed by atoms with Crippen LogP contribution in [-0.4, -0.2) is 17.1 Å². The topological polar surface area (TPSA) is 9.23 Å². The molecule has 0 radical (unpaired) electrons. The van der Waals surface area contributed by atoms with Crippen molar-refractivity contribution in [3.8, 4) is 0 Å². The van der Waals surface area contributed by atoms with E-state index in [4.69, 9.17) is 4.43 Å². The highest BCUT2D eigenvalue weighted by molar-refractivity contribution is 9.10. The third-order valence-corrected chi connectivity index (χ3v) is 4.28. The number of hydrogen-bond acceptors (Lipinski definition) is 1. The van der Waals surface area contributed by atoms with Crippen LogP contribution in [0.15, 0.2) is 10.5 Å². The first-order valence-electron chi connectivity index (χ1n) is 6.07. The van der Waals surface area contributed by atoms with E-state index in [9.17, 15) is 0 Å². The Balaban J connectivity index is 3.33. The van der Waals surface area contributed by atoms with Gasteiger partial charge < -0.3 is 4.43 Å². The second-order valence-electron chi connectivity index (χ2n) is 5.65. The molecule has 0 spiro atoms. The lowest BCUT2D eigenvalue weighted by molar-refractivity contribution is 0.353. The van der Waals surface area contributed by atoms with Crippen LogP contribution in [-0.2, 0) is 16.3 Å². The van der Waals surface area contributed by atoms with Gasteiger partial charge in [-0.2, -0.15) is 0 Å². The van der Waals surface area contributed by atoms with Crippen molar-refractivity contribution in [3.05, 3.63) is 32.8 Å². The fourth-order valence-corrected chi connectivity index (χ4v) is 3.68. The van der Waals surface area contributed by atoms with E-state index in [1.807, 2.05) is 0 Å². The predicted octanol–water partition coefficient (Wildman–Crippen LogP) is 3.20. The van der Waals surface area contributed by atoms with Crippen molar-refractivity contribution in [2.45, 2.75) is 46.5 Å². The van der Waals surface area contributed by atoms with Crippen molar-refractivity contribution >= 4 is 26.4 Å². The van der Waals surface area contributed by atoms with Crippen molar-refractivity contribution in [1.82, 2.24) is 0 Å². The number of halogens is 1. The summed E-state index contributed by atoms with van der Waals surface area (Å²) in [6, 6.07) is 2.25. The molecule has 1 rings (SSSR count). The summed E-state index contributed by atoms with van der Waals surface area (Å²) in [5.74, 6) is 0. The zero-order valence-corrected chi connectivity index (χ0v) is 15.4. The van der Waals surface area contributed by atoms with Gasteiger partial charge in [-0.3, -0.25) is 0 Å². The minimum Gasteiger partial charge on any atom is -0.428 e. The minimum absolute atomic E-state index is 0.200. The fourth-order valence-electron chi connectivity index (χ4n) is 2.64. The number of benzene rings is 1. The van der Waals surface area contributed by atoms with Gasteiger partial charge in [-0.1, -0.05) is 36.7 Å². The molecule has 0 atom stereocenters. The van der Waals surface area contributed by atoms with Crippen molar-refractivity contribution in [2.75, 3.05) is 6.61 Å². The molecule has 0 aliphatic carbocycles. The third kappa shape index (κ3) is 3.43. The lowest BCUT2D eigenvalue weighted by Gasteiger charge is -2.27. The molecule has 0 aromatic heterocycles. The van der Waals surface area contributed by atoms with Crippen LogP contribution in [0.2, 0.25) is 0 Å². The van der Waals surface area contributed by atoms with Crippen molar-refractivity contribution in [2.24, 2.45) is 0 Å². The Hall–Kier alpha value is -0.123. The van der Waals surface area contributed by atoms with Gasteiger partial charge in [-0.25, -0.2) is 0 Å². The lowest BCUT2D eigenvalue weighted by Crippen LogP contribution is -2.17. The van der Waals surface area contributed by atoms with E-state index in [0.29, 0.717) is 0 Å². The smallest absolute Gasteiger partial charge is 0.145 e. The summed E-state index contributed by atoms with van der Waals surface area (Å²) in [4.78, 5) is 0. The van der Waals surface area contributed by atoms with E-state index < -0.39 is 0 Å². The molecule has 0 saturated heterocycles. The zero-order chi connectivity index (χ0) is 13.2. The molecule has 3 heteroatoms. The molecule has 1 nitrogen and oxygen atoms in total. The molecule has 0 fully saturated rings. The van der Waals surface area contributed by atoms with E-state index >= 15 is 0 Å². The maximum Gasteiger partial charge on any atom is 0.145 e. The number of aryl methyl sites for hydroxylation is 1. The summed E-state index contributed by atoms with van der Waals surface area (Å²) in [6.07, 6.45) is 0.999. The summed E-state index contributed by atoms with van der Waals surface area (Å²) in [6.45, 7) is 12.1. The molecule has 0 amide bonds. The minimum atomic E-state index is 0.200.